The van der Waals surface area contributed by atoms with Crippen LogP contribution in [0.15, 0.2) is 103 Å². The van der Waals surface area contributed by atoms with E-state index in [0.717, 1.165) is 15.8 Å². The number of hydrogen-bond donors (Lipinski definition) is 7. The topological polar surface area (TPSA) is 308 Å². The molecule has 0 bridgehead atoms. The van der Waals surface area contributed by atoms with Crippen LogP contribution >= 0.6 is 27.7 Å². The minimum absolute atomic E-state index is 0.123. The molecular formula is C57H57ClN7O15P2+. The Bertz CT molecular complexity index is 3580. The number of nitrogens with zero attached hydrogens (tertiary/aromatic N) is 3. The van der Waals surface area contributed by atoms with Crippen LogP contribution in [0.1, 0.15) is 73.1 Å². The van der Waals surface area contributed by atoms with E-state index in [4.69, 9.17) is 20.6 Å². The summed E-state index contributed by atoms with van der Waals surface area (Å²) in [6.07, 6.45) is 11.3. The van der Waals surface area contributed by atoms with Gasteiger partial charge in [0.25, 0.3) is 23.6 Å². The first-order valence-corrected chi connectivity index (χ1v) is 29.6. The van der Waals surface area contributed by atoms with E-state index in [1.807, 2.05) is 12.1 Å². The number of anilines is 3. The molecule has 3 aliphatic heterocycles. The van der Waals surface area contributed by atoms with Gasteiger partial charge in [-0.05, 0) is 89.8 Å². The maximum atomic E-state index is 14.1. The first-order valence-electron chi connectivity index (χ1n) is 26.4. The number of imide groups is 1. The summed E-state index contributed by atoms with van der Waals surface area (Å²) in [5.41, 5.74) is 2.10. The average Bonchev–Trinajstić information content (AvgIpc) is 4.28. The largest absolute Gasteiger partial charge is 0.747 e. The van der Waals surface area contributed by atoms with Gasteiger partial charge in [-0.1, -0.05) is 67.1 Å². The van der Waals surface area contributed by atoms with E-state index in [1.54, 1.807) is 60.7 Å². The number of amides is 8. The zero-order chi connectivity index (χ0) is 58.3. The second kappa shape index (κ2) is 25.4. The molecule has 0 saturated heterocycles. The first kappa shape index (κ1) is 58.6. The molecule has 25 heteroatoms. The molecule has 8 amide bonds. The summed E-state index contributed by atoms with van der Waals surface area (Å²) in [5.74, 6) is -4.08. The van der Waals surface area contributed by atoms with Crippen molar-refractivity contribution >= 4 is 126 Å². The SMILES string of the molecule is O=C(CNC(=O)C1(C(=O)NCCCCCN2C(=O)C=CC2=O)CCC1)NCCC(=O)Nc1cc(/C=C/C(=O)N2C[C@@H](CCl)c3c2cc(OP(=O)(O)O)c2ccccc32)ccc1/C=C/C(=O)N1CCc2c1cc(O[P+](=O)O)c1ccccc21. The van der Waals surface area contributed by atoms with Crippen LogP contribution in [-0.2, 0) is 53.9 Å². The van der Waals surface area contributed by atoms with Crippen LogP contribution in [-0.4, -0.2) is 112 Å². The number of phosphoric acid groups is 1. The summed E-state index contributed by atoms with van der Waals surface area (Å²) in [6, 6.07) is 21.8. The molecule has 1 fully saturated rings. The molecule has 426 valence electrons. The molecule has 1 unspecified atom stereocenters. The van der Waals surface area contributed by atoms with Crippen molar-refractivity contribution in [2.75, 3.05) is 60.3 Å². The zero-order valence-electron chi connectivity index (χ0n) is 44.0. The predicted octanol–water partition coefficient (Wildman–Crippen LogP) is 6.42. The summed E-state index contributed by atoms with van der Waals surface area (Å²) in [5, 5.41) is 13.2. The van der Waals surface area contributed by atoms with Crippen LogP contribution < -0.4 is 40.1 Å². The number of nitrogens with one attached hydrogen (secondary N) is 4. The fraction of sp³-hybridized carbons (Fsp3) is 0.298. The lowest BCUT2D eigenvalue weighted by Gasteiger charge is -2.38. The highest BCUT2D eigenvalue weighted by Gasteiger charge is 2.50. The monoisotopic (exact) mass is 1180 g/mol. The smallest absolute Gasteiger partial charge is 0.404 e. The Morgan fingerprint density at radius 1 is 0.756 bits per heavy atom. The number of phosphoric ester groups is 1. The third kappa shape index (κ3) is 13.1. The van der Waals surface area contributed by atoms with Crippen LogP contribution in [0.5, 0.6) is 11.5 Å². The van der Waals surface area contributed by atoms with Crippen molar-refractivity contribution in [2.24, 2.45) is 5.41 Å². The van der Waals surface area contributed by atoms with Gasteiger partial charge in [0, 0.05) is 108 Å². The highest BCUT2D eigenvalue weighted by molar-refractivity contribution is 7.46. The van der Waals surface area contributed by atoms with Gasteiger partial charge >= 0.3 is 16.1 Å². The molecule has 3 heterocycles. The number of rotatable bonds is 23. The van der Waals surface area contributed by atoms with Gasteiger partial charge in [-0.2, -0.15) is 0 Å². The van der Waals surface area contributed by atoms with Gasteiger partial charge in [-0.15, -0.1) is 16.5 Å². The molecule has 2 atom stereocenters. The van der Waals surface area contributed by atoms with E-state index in [9.17, 15) is 62.2 Å². The molecule has 5 aromatic carbocycles. The van der Waals surface area contributed by atoms with Crippen molar-refractivity contribution in [2.45, 2.75) is 57.3 Å². The zero-order valence-corrected chi connectivity index (χ0v) is 46.6. The van der Waals surface area contributed by atoms with E-state index < -0.39 is 63.5 Å². The molecule has 4 aliphatic rings. The lowest BCUT2D eigenvalue weighted by molar-refractivity contribution is -0.150. The highest BCUT2D eigenvalue weighted by Crippen LogP contribution is 2.49. The van der Waals surface area contributed by atoms with Gasteiger partial charge in [0.1, 0.15) is 11.2 Å². The Morgan fingerprint density at radius 2 is 1.41 bits per heavy atom. The molecule has 5 aromatic rings. The van der Waals surface area contributed by atoms with E-state index in [0.29, 0.717) is 95.7 Å². The first-order chi connectivity index (χ1) is 39.3. The minimum atomic E-state index is -5.01. The van der Waals surface area contributed by atoms with Gasteiger partial charge in [-0.25, -0.2) is 9.09 Å². The number of hydrogen-bond acceptors (Lipinski definition) is 12. The fourth-order valence-corrected chi connectivity index (χ4v) is 11.6. The average molecular weight is 1180 g/mol. The van der Waals surface area contributed by atoms with Crippen LogP contribution in [0.4, 0.5) is 17.1 Å². The summed E-state index contributed by atoms with van der Waals surface area (Å²) < 4.78 is 34.1. The Hall–Kier alpha value is -8.10. The molecule has 0 aromatic heterocycles. The highest BCUT2D eigenvalue weighted by atomic mass is 35.5. The molecule has 1 saturated carbocycles. The van der Waals surface area contributed by atoms with E-state index in [2.05, 4.69) is 21.3 Å². The number of unbranched alkanes of at least 4 members (excludes halogenated alkanes) is 2. The Labute approximate surface area is 475 Å². The quantitative estimate of drug-likeness (QED) is 0.00927. The van der Waals surface area contributed by atoms with E-state index in [1.165, 1.54) is 52.3 Å². The lowest BCUT2D eigenvalue weighted by Crippen LogP contribution is -2.56. The predicted molar refractivity (Wildman–Crippen MR) is 306 cm³/mol. The number of carbonyl (C=O) groups excluding carboxylic acids is 8. The van der Waals surface area contributed by atoms with E-state index in [-0.39, 0.29) is 73.4 Å². The van der Waals surface area contributed by atoms with Crippen molar-refractivity contribution in [1.82, 2.24) is 20.9 Å². The number of alkyl halides is 1. The normalized spacial score (nSPS) is 16.4. The Balaban J connectivity index is 0.863. The van der Waals surface area contributed by atoms with Crippen LogP contribution in [0.2, 0.25) is 0 Å². The van der Waals surface area contributed by atoms with Gasteiger partial charge in [0.05, 0.1) is 17.9 Å². The van der Waals surface area contributed by atoms with Crippen molar-refractivity contribution in [1.29, 1.82) is 0 Å². The van der Waals surface area contributed by atoms with Gasteiger partial charge in [0.2, 0.25) is 23.6 Å². The molecule has 0 radical (unpaired) electrons. The maximum absolute atomic E-state index is 14.1. The molecule has 82 heavy (non-hydrogen) atoms. The third-order valence-corrected chi connectivity index (χ3v) is 16.0. The van der Waals surface area contributed by atoms with Crippen LogP contribution in [0, 0.1) is 5.41 Å². The third-order valence-electron chi connectivity index (χ3n) is 14.8. The molecular weight excluding hydrogens is 1120 g/mol. The second-order valence-corrected chi connectivity index (χ2v) is 22.1. The molecule has 22 nitrogen and oxygen atoms in total. The van der Waals surface area contributed by atoms with Crippen molar-refractivity contribution < 1.29 is 71.2 Å². The summed E-state index contributed by atoms with van der Waals surface area (Å²) >= 11 is 6.43. The maximum Gasteiger partial charge on any atom is 0.747 e. The van der Waals surface area contributed by atoms with Crippen molar-refractivity contribution in [3.8, 4) is 11.5 Å². The van der Waals surface area contributed by atoms with Gasteiger partial charge < -0.3 is 35.6 Å². The van der Waals surface area contributed by atoms with Crippen LogP contribution in [0.25, 0.3) is 33.7 Å². The standard InChI is InChI=1S/C57H56ClN7O15P2/c58-32-37-34-65(45-31-47(80-82(76,77)78)41-11-4-5-12-42(41)54(37)45)53(71)17-14-35-13-15-36(16-18-50(68)63-28-22-39-38-9-2-3-10-40(38)46(30-44(39)63)79-81(74)75)43(29-35)62-48(66)21-26-59-49(67)33-61-56(73)57(23-8-24-57)55(72)60-25-6-1-7-27-64-51(69)19-20-52(64)70/h2-5,9-20,29-31,37H,1,6-8,21-28,32-34H2,(H6-,59,60,61,62,66,67,68,72,73,74,75,76,77,78)/p+1/b17-14+/t37-/m1/s1. The molecule has 9 rings (SSSR count). The Kier molecular flexibility index (Phi) is 18.1. The van der Waals surface area contributed by atoms with Gasteiger partial charge in [-0.3, -0.25) is 53.0 Å². The summed E-state index contributed by atoms with van der Waals surface area (Å²) in [6.45, 7) is 0.371. The van der Waals surface area contributed by atoms with E-state index >= 15 is 0 Å². The fourth-order valence-electron chi connectivity index (χ4n) is 10.6. The number of benzene rings is 5. The summed E-state index contributed by atoms with van der Waals surface area (Å²) in [4.78, 5) is 138. The van der Waals surface area contributed by atoms with Gasteiger partial charge in [0.15, 0.2) is 5.75 Å². The molecule has 1 aliphatic carbocycles. The lowest BCUT2D eigenvalue weighted by atomic mass is 9.67. The molecule has 0 spiro atoms. The number of carbonyl (C=O) groups is 8. The number of halogens is 1. The second-order valence-electron chi connectivity index (χ2n) is 20.0. The Morgan fingerprint density at radius 3 is 2.10 bits per heavy atom. The number of fused-ring (bicyclic) bond motifs is 6. The van der Waals surface area contributed by atoms with Crippen molar-refractivity contribution in [3.63, 3.8) is 0 Å². The summed E-state index contributed by atoms with van der Waals surface area (Å²) in [7, 11) is -8.02. The van der Waals surface area contributed by atoms with Crippen LogP contribution in [0.3, 0.4) is 0 Å². The molecule has 7 N–H and O–H groups in total. The minimum Gasteiger partial charge on any atom is -0.404 e. The van der Waals surface area contributed by atoms with Crippen molar-refractivity contribution in [3.05, 3.63) is 125 Å².